The maximum atomic E-state index is 9.65. The minimum absolute atomic E-state index is 0.655. The van der Waals surface area contributed by atoms with Gasteiger partial charge in [-0.3, -0.25) is 0 Å². The first kappa shape index (κ1) is 37.9. The molecule has 5 heteroatoms. The zero-order valence-corrected chi connectivity index (χ0v) is 34.6. The summed E-state index contributed by atoms with van der Waals surface area (Å²) in [4.78, 5) is 0. The molecule has 0 spiro atoms. The minimum Gasteiger partial charge on any atom is -0.454 e. The summed E-state index contributed by atoms with van der Waals surface area (Å²) in [7, 11) is 0. The van der Waals surface area contributed by atoms with Crippen LogP contribution < -0.4 is 0 Å². The molecule has 0 atom stereocenters. The lowest BCUT2D eigenvalue weighted by molar-refractivity contribution is 0.666. The van der Waals surface area contributed by atoms with Crippen molar-refractivity contribution in [3.8, 4) is 23.1 Å². The van der Waals surface area contributed by atoms with Crippen LogP contribution in [0.15, 0.2) is 212 Å². The van der Waals surface area contributed by atoms with Crippen molar-refractivity contribution < 1.29 is 4.42 Å². The normalized spacial score (nSPS) is 11.4. The quantitative estimate of drug-likeness (QED) is 0.132. The summed E-state index contributed by atoms with van der Waals surface area (Å²) in [6, 6.07) is 62.4. The van der Waals surface area contributed by atoms with Gasteiger partial charge in [-0.05, 0) is 98.8 Å². The lowest BCUT2D eigenvalue weighted by Crippen LogP contribution is -1.96. The number of nitriles is 1. The Balaban J connectivity index is 0.000000531. The van der Waals surface area contributed by atoms with Gasteiger partial charge in [0.25, 0.3) is 0 Å². The number of furan rings is 1. The van der Waals surface area contributed by atoms with Gasteiger partial charge < -0.3 is 18.1 Å². The summed E-state index contributed by atoms with van der Waals surface area (Å²) in [5.41, 5.74) is 12.3. The Kier molecular flexibility index (Phi) is 9.59. The Morgan fingerprint density at radius 1 is 0.468 bits per heavy atom. The predicted octanol–water partition coefficient (Wildman–Crippen LogP) is 15.7. The van der Waals surface area contributed by atoms with E-state index in [4.69, 9.17) is 4.42 Å². The number of allylic oxidation sites excluding steroid dienone is 4. The summed E-state index contributed by atoms with van der Waals surface area (Å²) in [6.07, 6.45) is 7.33. The average Bonchev–Trinajstić information content (AvgIpc) is 4.05. The van der Waals surface area contributed by atoms with Crippen LogP contribution in [0.3, 0.4) is 0 Å². The molecule has 296 valence electrons. The van der Waals surface area contributed by atoms with Gasteiger partial charge >= 0.3 is 0 Å². The first-order chi connectivity index (χ1) is 30.6. The van der Waals surface area contributed by atoms with Crippen LogP contribution in [-0.2, 0) is 0 Å². The van der Waals surface area contributed by atoms with Crippen LogP contribution in [0.1, 0.15) is 19.4 Å². The molecule has 0 N–H and O–H groups in total. The lowest BCUT2D eigenvalue weighted by Gasteiger charge is -2.10. The Hall–Kier alpha value is -8.33. The number of para-hydroxylation sites is 5. The molecule has 62 heavy (non-hydrogen) atoms. The number of hydrogen-bond acceptors (Lipinski definition) is 2. The second-order valence-electron chi connectivity index (χ2n) is 15.2. The average molecular weight is 799 g/mol. The van der Waals surface area contributed by atoms with E-state index in [1.807, 2.05) is 38.1 Å². The van der Waals surface area contributed by atoms with E-state index in [-0.39, 0.29) is 0 Å². The van der Waals surface area contributed by atoms with Crippen molar-refractivity contribution in [1.82, 2.24) is 13.7 Å². The number of rotatable bonds is 4. The van der Waals surface area contributed by atoms with E-state index in [2.05, 4.69) is 191 Å². The molecule has 12 rings (SSSR count). The van der Waals surface area contributed by atoms with Gasteiger partial charge in [-0.15, -0.1) is 6.58 Å². The van der Waals surface area contributed by atoms with Crippen LogP contribution in [0, 0.1) is 11.3 Å². The Morgan fingerprint density at radius 3 is 1.47 bits per heavy atom. The highest BCUT2D eigenvalue weighted by atomic mass is 16.3. The van der Waals surface area contributed by atoms with Crippen LogP contribution in [0.25, 0.3) is 104 Å². The van der Waals surface area contributed by atoms with Crippen molar-refractivity contribution in [2.45, 2.75) is 13.8 Å². The van der Waals surface area contributed by atoms with Gasteiger partial charge in [-0.2, -0.15) is 5.26 Å². The van der Waals surface area contributed by atoms with Crippen molar-refractivity contribution >= 4 is 87.4 Å². The second kappa shape index (κ2) is 15.7. The molecule has 0 aliphatic carbocycles. The van der Waals surface area contributed by atoms with Gasteiger partial charge in [0, 0.05) is 54.5 Å². The van der Waals surface area contributed by atoms with Crippen molar-refractivity contribution in [3.05, 3.63) is 213 Å². The SMILES string of the molecule is C=C/C=C\C.C=CC.N#Cc1ccc2c(c1)c1ccccc1n2-c1ccc2oc3c(-n4c5ccccc5c5cc(-n6c7ccccc7c7ccccc76)ccc54)cccc3c2c1. The summed E-state index contributed by atoms with van der Waals surface area (Å²) >= 11 is 0. The Morgan fingerprint density at radius 2 is 0.919 bits per heavy atom. The number of benzene rings is 8. The molecule has 0 bridgehead atoms. The summed E-state index contributed by atoms with van der Waals surface area (Å²) < 4.78 is 13.8. The molecule has 0 fully saturated rings. The molecule has 4 heterocycles. The largest absolute Gasteiger partial charge is 0.454 e. The van der Waals surface area contributed by atoms with Crippen LogP contribution >= 0.6 is 0 Å². The van der Waals surface area contributed by atoms with E-state index in [0.717, 1.165) is 71.8 Å². The highest BCUT2D eigenvalue weighted by molar-refractivity contribution is 6.15. The molecule has 5 nitrogen and oxygen atoms in total. The zero-order chi connectivity index (χ0) is 42.3. The molecule has 0 radical (unpaired) electrons. The molecule has 0 amide bonds. The fourth-order valence-electron chi connectivity index (χ4n) is 9.10. The standard InChI is InChI=1S/C49H28N4O.C5H8.C3H6/c50-29-30-20-23-45-38(26-30)35-12-3-7-17-43(35)52(45)32-22-25-48-40(28-32)37-14-9-19-47(49(37)54-48)53-44-18-8-4-13-36(44)39-27-31(21-24-46(39)53)51-41-15-5-1-10-33(41)34-11-2-6-16-42(34)51;1-3-5-4-2;1-3-2/h1-28H;3-5H,1H2,2H3;3H,1H2,2H3/b;5-4-;. The number of nitrogens with zero attached hydrogens (tertiary/aromatic N) is 4. The van der Waals surface area contributed by atoms with E-state index in [1.165, 1.54) is 32.6 Å². The molecule has 12 aromatic rings. The highest BCUT2D eigenvalue weighted by Gasteiger charge is 2.20. The monoisotopic (exact) mass is 798 g/mol. The fourth-order valence-corrected chi connectivity index (χ4v) is 9.10. The van der Waals surface area contributed by atoms with E-state index < -0.39 is 0 Å². The fraction of sp³-hybridized carbons (Fsp3) is 0.0351. The third-order valence-corrected chi connectivity index (χ3v) is 11.6. The molecule has 0 saturated heterocycles. The van der Waals surface area contributed by atoms with Gasteiger partial charge in [0.05, 0.1) is 50.4 Å². The third kappa shape index (κ3) is 6.00. The summed E-state index contributed by atoms with van der Waals surface area (Å²) in [5, 5.41) is 18.8. The van der Waals surface area contributed by atoms with Crippen LogP contribution in [0.5, 0.6) is 0 Å². The molecule has 0 saturated carbocycles. The van der Waals surface area contributed by atoms with E-state index in [0.29, 0.717) is 5.56 Å². The third-order valence-electron chi connectivity index (χ3n) is 11.6. The smallest absolute Gasteiger partial charge is 0.159 e. The van der Waals surface area contributed by atoms with Crippen molar-refractivity contribution in [3.63, 3.8) is 0 Å². The molecule has 8 aromatic carbocycles. The predicted molar refractivity (Wildman–Crippen MR) is 262 cm³/mol. The van der Waals surface area contributed by atoms with E-state index >= 15 is 0 Å². The van der Waals surface area contributed by atoms with E-state index in [9.17, 15) is 5.26 Å². The minimum atomic E-state index is 0.655. The first-order valence-corrected chi connectivity index (χ1v) is 20.8. The zero-order valence-electron chi connectivity index (χ0n) is 34.6. The van der Waals surface area contributed by atoms with Crippen LogP contribution in [0.4, 0.5) is 0 Å². The van der Waals surface area contributed by atoms with Crippen molar-refractivity contribution in [2.24, 2.45) is 0 Å². The number of hydrogen-bond donors (Lipinski definition) is 0. The Labute approximate surface area is 359 Å². The van der Waals surface area contributed by atoms with Crippen molar-refractivity contribution in [1.29, 1.82) is 5.26 Å². The molecule has 0 aliphatic heterocycles. The van der Waals surface area contributed by atoms with Gasteiger partial charge in [-0.1, -0.05) is 116 Å². The molecule has 0 aliphatic rings. The summed E-state index contributed by atoms with van der Waals surface area (Å²) in [5.74, 6) is 0. The lowest BCUT2D eigenvalue weighted by atomic mass is 10.1. The van der Waals surface area contributed by atoms with Gasteiger partial charge in [0.2, 0.25) is 0 Å². The van der Waals surface area contributed by atoms with Crippen LogP contribution in [-0.4, -0.2) is 13.7 Å². The number of fused-ring (bicyclic) bond motifs is 12. The summed E-state index contributed by atoms with van der Waals surface area (Å²) in [6.45, 7) is 10.7. The number of aromatic nitrogens is 3. The molecule has 0 unspecified atom stereocenters. The molecular weight excluding hydrogens is 757 g/mol. The van der Waals surface area contributed by atoms with Gasteiger partial charge in [0.15, 0.2) is 5.58 Å². The Bertz CT molecular complexity index is 3730. The topological polar surface area (TPSA) is 51.7 Å². The molecular formula is C57H42N4O. The maximum absolute atomic E-state index is 9.65. The highest BCUT2D eigenvalue weighted by Crippen LogP contribution is 2.41. The first-order valence-electron chi connectivity index (χ1n) is 20.8. The molecule has 4 aromatic heterocycles. The van der Waals surface area contributed by atoms with Gasteiger partial charge in [0.1, 0.15) is 5.58 Å². The van der Waals surface area contributed by atoms with Crippen LogP contribution in [0.2, 0.25) is 0 Å². The second-order valence-corrected chi connectivity index (χ2v) is 15.2. The maximum Gasteiger partial charge on any atom is 0.159 e. The van der Waals surface area contributed by atoms with Gasteiger partial charge in [-0.25, -0.2) is 0 Å². The van der Waals surface area contributed by atoms with E-state index in [1.54, 1.807) is 12.2 Å². The van der Waals surface area contributed by atoms with Crippen molar-refractivity contribution in [2.75, 3.05) is 0 Å².